The Hall–Kier alpha value is -2.33. The molecule has 2 aromatic rings. The number of likely N-dealkylation sites (N-methyl/N-ethyl adjacent to an activating group) is 1. The highest BCUT2D eigenvalue weighted by atomic mass is 16.2. The van der Waals surface area contributed by atoms with Crippen molar-refractivity contribution >= 4 is 11.6 Å². The smallest absolute Gasteiger partial charge is 0.234 e. The highest BCUT2D eigenvalue weighted by molar-refractivity contribution is 5.78. The van der Waals surface area contributed by atoms with Crippen LogP contribution in [0.25, 0.3) is 0 Å². The molecule has 2 aliphatic rings. The number of amides is 1. The molecule has 142 valence electrons. The van der Waals surface area contributed by atoms with Crippen LogP contribution in [0.3, 0.4) is 0 Å². The van der Waals surface area contributed by atoms with Gasteiger partial charge in [-0.3, -0.25) is 9.69 Å². The number of nitrogens with zero attached hydrogens (tertiary/aromatic N) is 2. The van der Waals surface area contributed by atoms with E-state index in [1.54, 1.807) is 0 Å². The zero-order valence-corrected chi connectivity index (χ0v) is 16.1. The van der Waals surface area contributed by atoms with Crippen LogP contribution in [-0.2, 0) is 17.6 Å². The summed E-state index contributed by atoms with van der Waals surface area (Å²) in [6.07, 6.45) is 3.24. The molecule has 1 aliphatic heterocycles. The van der Waals surface area contributed by atoms with Crippen molar-refractivity contribution in [2.75, 3.05) is 38.1 Å². The second-order valence-electron chi connectivity index (χ2n) is 7.99. The Labute approximate surface area is 162 Å². The fraction of sp³-hybridized carbons (Fsp3) is 0.435. The first-order valence-electron chi connectivity index (χ1n) is 10.0. The van der Waals surface area contributed by atoms with E-state index < -0.39 is 0 Å². The Morgan fingerprint density at radius 3 is 2.44 bits per heavy atom. The van der Waals surface area contributed by atoms with Gasteiger partial charge in [0.25, 0.3) is 0 Å². The molecule has 4 rings (SSSR count). The van der Waals surface area contributed by atoms with Gasteiger partial charge in [-0.15, -0.1) is 0 Å². The summed E-state index contributed by atoms with van der Waals surface area (Å²) >= 11 is 0. The van der Waals surface area contributed by atoms with Crippen molar-refractivity contribution < 1.29 is 4.79 Å². The summed E-state index contributed by atoms with van der Waals surface area (Å²) in [6.45, 7) is 3.36. The average molecular weight is 364 g/mol. The predicted molar refractivity (Wildman–Crippen MR) is 110 cm³/mol. The number of carbonyl (C=O) groups is 1. The third kappa shape index (κ3) is 4.33. The van der Waals surface area contributed by atoms with Gasteiger partial charge < -0.3 is 10.2 Å². The van der Waals surface area contributed by atoms with Gasteiger partial charge in [-0.05, 0) is 55.5 Å². The SMILES string of the molecule is CN(CC(=O)NC[C@H]1CCN(c2ccccc2)C1)C1Cc2ccccc2C1. The fourth-order valence-corrected chi connectivity index (χ4v) is 4.39. The highest BCUT2D eigenvalue weighted by Crippen LogP contribution is 2.25. The molecular weight excluding hydrogens is 334 g/mol. The van der Waals surface area contributed by atoms with Crippen LogP contribution in [0.1, 0.15) is 17.5 Å². The molecule has 0 aromatic heterocycles. The molecule has 0 spiro atoms. The summed E-state index contributed by atoms with van der Waals surface area (Å²) in [4.78, 5) is 17.0. The van der Waals surface area contributed by atoms with Gasteiger partial charge in [0.15, 0.2) is 0 Å². The Bertz CT molecular complexity index is 751. The van der Waals surface area contributed by atoms with E-state index >= 15 is 0 Å². The zero-order valence-electron chi connectivity index (χ0n) is 16.1. The monoisotopic (exact) mass is 363 g/mol. The van der Waals surface area contributed by atoms with Crippen LogP contribution < -0.4 is 10.2 Å². The number of rotatable bonds is 6. The summed E-state index contributed by atoms with van der Waals surface area (Å²) in [6, 6.07) is 19.6. The highest BCUT2D eigenvalue weighted by Gasteiger charge is 2.26. The van der Waals surface area contributed by atoms with Gasteiger partial charge in [0.1, 0.15) is 0 Å². The fourth-order valence-electron chi connectivity index (χ4n) is 4.39. The molecule has 0 saturated carbocycles. The summed E-state index contributed by atoms with van der Waals surface area (Å²) in [7, 11) is 2.07. The third-order valence-electron chi connectivity index (χ3n) is 6.04. The van der Waals surface area contributed by atoms with Gasteiger partial charge in [0, 0.05) is 31.4 Å². The first-order chi connectivity index (χ1) is 13.2. The van der Waals surface area contributed by atoms with E-state index in [2.05, 4.69) is 76.8 Å². The van der Waals surface area contributed by atoms with Crippen LogP contribution in [0.4, 0.5) is 5.69 Å². The quantitative estimate of drug-likeness (QED) is 0.857. The van der Waals surface area contributed by atoms with E-state index in [1.807, 2.05) is 0 Å². The van der Waals surface area contributed by atoms with Gasteiger partial charge in [0.2, 0.25) is 5.91 Å². The molecule has 1 atom stereocenters. The molecule has 0 radical (unpaired) electrons. The third-order valence-corrected chi connectivity index (χ3v) is 6.04. The molecule has 27 heavy (non-hydrogen) atoms. The number of carbonyl (C=O) groups excluding carboxylic acids is 1. The largest absolute Gasteiger partial charge is 0.371 e. The maximum Gasteiger partial charge on any atom is 0.234 e. The van der Waals surface area contributed by atoms with Crippen LogP contribution in [-0.4, -0.2) is 50.1 Å². The van der Waals surface area contributed by atoms with Gasteiger partial charge in [-0.2, -0.15) is 0 Å². The first kappa shape index (κ1) is 18.1. The Morgan fingerprint density at radius 2 is 1.74 bits per heavy atom. The van der Waals surface area contributed by atoms with E-state index in [1.165, 1.54) is 16.8 Å². The molecule has 4 nitrogen and oxygen atoms in total. The van der Waals surface area contributed by atoms with E-state index in [0.29, 0.717) is 18.5 Å². The predicted octanol–water partition coefficient (Wildman–Crippen LogP) is 2.73. The average Bonchev–Trinajstić information content (AvgIpc) is 3.34. The lowest BCUT2D eigenvalue weighted by atomic mass is 10.1. The Balaban J connectivity index is 1.20. The van der Waals surface area contributed by atoms with Crippen LogP contribution in [0.5, 0.6) is 0 Å². The van der Waals surface area contributed by atoms with Crippen LogP contribution in [0, 0.1) is 5.92 Å². The van der Waals surface area contributed by atoms with Crippen molar-refractivity contribution in [1.82, 2.24) is 10.2 Å². The summed E-state index contributed by atoms with van der Waals surface area (Å²) in [5.41, 5.74) is 4.15. The van der Waals surface area contributed by atoms with Crippen molar-refractivity contribution in [1.29, 1.82) is 0 Å². The number of para-hydroxylation sites is 1. The minimum absolute atomic E-state index is 0.145. The molecular formula is C23H29N3O. The van der Waals surface area contributed by atoms with Crippen molar-refractivity contribution in [2.24, 2.45) is 5.92 Å². The molecule has 4 heteroatoms. The number of benzene rings is 2. The van der Waals surface area contributed by atoms with Gasteiger partial charge in [0.05, 0.1) is 6.54 Å². The van der Waals surface area contributed by atoms with Crippen molar-refractivity contribution in [3.63, 3.8) is 0 Å². The molecule has 1 fully saturated rings. The van der Waals surface area contributed by atoms with E-state index in [4.69, 9.17) is 0 Å². The minimum atomic E-state index is 0.145. The van der Waals surface area contributed by atoms with Gasteiger partial charge in [-0.1, -0.05) is 42.5 Å². The maximum absolute atomic E-state index is 12.4. The molecule has 1 N–H and O–H groups in total. The maximum atomic E-state index is 12.4. The molecule has 1 heterocycles. The van der Waals surface area contributed by atoms with Gasteiger partial charge in [-0.25, -0.2) is 0 Å². The summed E-state index contributed by atoms with van der Waals surface area (Å²) in [5, 5.41) is 3.16. The van der Waals surface area contributed by atoms with Crippen molar-refractivity contribution in [3.05, 3.63) is 65.7 Å². The molecule has 1 amide bonds. The van der Waals surface area contributed by atoms with E-state index in [0.717, 1.165) is 38.9 Å². The van der Waals surface area contributed by atoms with Crippen LogP contribution in [0.15, 0.2) is 54.6 Å². The lowest BCUT2D eigenvalue weighted by Crippen LogP contribution is -2.42. The topological polar surface area (TPSA) is 35.6 Å². The number of fused-ring (bicyclic) bond motifs is 1. The van der Waals surface area contributed by atoms with Crippen molar-refractivity contribution in [3.8, 4) is 0 Å². The summed E-state index contributed by atoms with van der Waals surface area (Å²) < 4.78 is 0. The molecule has 1 aliphatic carbocycles. The first-order valence-corrected chi connectivity index (χ1v) is 10.0. The van der Waals surface area contributed by atoms with Crippen LogP contribution >= 0.6 is 0 Å². The van der Waals surface area contributed by atoms with Gasteiger partial charge >= 0.3 is 0 Å². The lowest BCUT2D eigenvalue weighted by molar-refractivity contribution is -0.122. The lowest BCUT2D eigenvalue weighted by Gasteiger charge is -2.24. The number of hydrogen-bond acceptors (Lipinski definition) is 3. The second-order valence-corrected chi connectivity index (χ2v) is 7.99. The Kier molecular flexibility index (Phi) is 5.44. The Morgan fingerprint density at radius 1 is 1.07 bits per heavy atom. The number of hydrogen-bond donors (Lipinski definition) is 1. The zero-order chi connectivity index (χ0) is 18.6. The normalized spacial score (nSPS) is 19.5. The van der Waals surface area contributed by atoms with E-state index in [9.17, 15) is 4.79 Å². The van der Waals surface area contributed by atoms with E-state index in [-0.39, 0.29) is 5.91 Å². The molecule has 1 saturated heterocycles. The molecule has 0 unspecified atom stereocenters. The standard InChI is InChI=1S/C23H29N3O/c1-25(22-13-19-7-5-6-8-20(19)14-22)17-23(27)24-15-18-11-12-26(16-18)21-9-3-2-4-10-21/h2-10,18,22H,11-17H2,1H3,(H,24,27)/t18-/m1/s1. The molecule has 2 aromatic carbocycles. The van der Waals surface area contributed by atoms with Crippen LogP contribution in [0.2, 0.25) is 0 Å². The molecule has 0 bridgehead atoms. The minimum Gasteiger partial charge on any atom is -0.371 e. The second kappa shape index (κ2) is 8.13. The number of anilines is 1. The summed E-state index contributed by atoms with van der Waals surface area (Å²) in [5.74, 6) is 0.682. The van der Waals surface area contributed by atoms with Crippen molar-refractivity contribution in [2.45, 2.75) is 25.3 Å². The number of nitrogens with one attached hydrogen (secondary N) is 1.